The molecule has 0 amide bonds. The predicted molar refractivity (Wildman–Crippen MR) is 86.6 cm³/mol. The van der Waals surface area contributed by atoms with Crippen molar-refractivity contribution in [2.75, 3.05) is 6.61 Å². The van der Waals surface area contributed by atoms with Crippen LogP contribution in [0.3, 0.4) is 0 Å². The molecule has 2 aromatic rings. The molecule has 21 heavy (non-hydrogen) atoms. The Labute approximate surface area is 133 Å². The van der Waals surface area contributed by atoms with Crippen molar-refractivity contribution >= 4 is 15.9 Å². The summed E-state index contributed by atoms with van der Waals surface area (Å²) >= 11 is 3.58. The van der Waals surface area contributed by atoms with Crippen molar-refractivity contribution < 1.29 is 4.74 Å². The van der Waals surface area contributed by atoms with Gasteiger partial charge in [-0.25, -0.2) is 4.98 Å². The SMILES string of the molecule is CC(C)NCc1cn(Cc2cc(Br)cc3c2OCC3)cn1. The van der Waals surface area contributed by atoms with Gasteiger partial charge in [-0.1, -0.05) is 29.8 Å². The van der Waals surface area contributed by atoms with Crippen molar-refractivity contribution in [1.82, 2.24) is 14.9 Å². The second-order valence-corrected chi connectivity index (χ2v) is 6.64. The third-order valence-electron chi connectivity index (χ3n) is 3.56. The van der Waals surface area contributed by atoms with Crippen LogP contribution >= 0.6 is 15.9 Å². The maximum absolute atomic E-state index is 5.78. The zero-order chi connectivity index (χ0) is 14.8. The largest absolute Gasteiger partial charge is 0.493 e. The maximum Gasteiger partial charge on any atom is 0.127 e. The van der Waals surface area contributed by atoms with E-state index in [2.05, 4.69) is 63.0 Å². The highest BCUT2D eigenvalue weighted by atomic mass is 79.9. The molecule has 3 rings (SSSR count). The second kappa shape index (κ2) is 6.20. The first kappa shape index (κ1) is 14.6. The molecule has 2 heterocycles. The number of fused-ring (bicyclic) bond motifs is 1. The zero-order valence-corrected chi connectivity index (χ0v) is 14.0. The Balaban J connectivity index is 1.75. The Bertz CT molecular complexity index is 636. The molecular weight excluding hydrogens is 330 g/mol. The first-order valence-electron chi connectivity index (χ1n) is 7.30. The molecule has 0 bridgehead atoms. The summed E-state index contributed by atoms with van der Waals surface area (Å²) in [6.45, 7) is 6.65. The Kier molecular flexibility index (Phi) is 4.31. The Hall–Kier alpha value is -1.33. The van der Waals surface area contributed by atoms with Gasteiger partial charge >= 0.3 is 0 Å². The molecule has 1 aromatic heterocycles. The fraction of sp³-hybridized carbons (Fsp3) is 0.438. The van der Waals surface area contributed by atoms with Gasteiger partial charge in [-0.2, -0.15) is 0 Å². The molecule has 1 N–H and O–H groups in total. The lowest BCUT2D eigenvalue weighted by molar-refractivity contribution is 0.352. The number of ether oxygens (including phenoxy) is 1. The average molecular weight is 350 g/mol. The van der Waals surface area contributed by atoms with E-state index < -0.39 is 0 Å². The highest BCUT2D eigenvalue weighted by Crippen LogP contribution is 2.33. The quantitative estimate of drug-likeness (QED) is 0.901. The molecule has 0 atom stereocenters. The van der Waals surface area contributed by atoms with Gasteiger partial charge in [-0.05, 0) is 17.7 Å². The van der Waals surface area contributed by atoms with Crippen LogP contribution in [0, 0.1) is 0 Å². The van der Waals surface area contributed by atoms with Crippen LogP contribution in [0.1, 0.15) is 30.7 Å². The number of hydrogen-bond donors (Lipinski definition) is 1. The number of nitrogens with zero attached hydrogens (tertiary/aromatic N) is 2. The molecule has 1 aliphatic rings. The normalized spacial score (nSPS) is 13.5. The van der Waals surface area contributed by atoms with Gasteiger partial charge in [0.2, 0.25) is 0 Å². The number of halogens is 1. The first-order chi connectivity index (χ1) is 10.1. The van der Waals surface area contributed by atoms with E-state index in [4.69, 9.17) is 4.74 Å². The lowest BCUT2D eigenvalue weighted by Gasteiger charge is -2.09. The van der Waals surface area contributed by atoms with Crippen LogP contribution in [0.25, 0.3) is 0 Å². The van der Waals surface area contributed by atoms with Crippen LogP contribution in [0.15, 0.2) is 29.1 Å². The second-order valence-electron chi connectivity index (χ2n) is 5.72. The molecule has 112 valence electrons. The van der Waals surface area contributed by atoms with Gasteiger partial charge < -0.3 is 14.6 Å². The van der Waals surface area contributed by atoms with Crippen molar-refractivity contribution in [2.45, 2.75) is 39.4 Å². The summed E-state index contributed by atoms with van der Waals surface area (Å²) in [6, 6.07) is 4.75. The number of imidazole rings is 1. The van der Waals surface area contributed by atoms with Gasteiger partial charge in [-0.3, -0.25) is 0 Å². The Morgan fingerprint density at radius 2 is 2.29 bits per heavy atom. The fourth-order valence-electron chi connectivity index (χ4n) is 2.55. The third-order valence-corrected chi connectivity index (χ3v) is 4.01. The molecule has 0 unspecified atom stereocenters. The summed E-state index contributed by atoms with van der Waals surface area (Å²) in [4.78, 5) is 4.45. The molecule has 0 aliphatic carbocycles. The van der Waals surface area contributed by atoms with Crippen LogP contribution < -0.4 is 10.1 Å². The highest BCUT2D eigenvalue weighted by Gasteiger charge is 2.17. The minimum Gasteiger partial charge on any atom is -0.493 e. The predicted octanol–water partition coefficient (Wildman–Crippen LogP) is 3.13. The van der Waals surface area contributed by atoms with Gasteiger partial charge in [0.05, 0.1) is 25.2 Å². The number of benzene rings is 1. The van der Waals surface area contributed by atoms with Crippen molar-refractivity contribution in [2.24, 2.45) is 0 Å². The monoisotopic (exact) mass is 349 g/mol. The van der Waals surface area contributed by atoms with Gasteiger partial charge in [-0.15, -0.1) is 0 Å². The summed E-state index contributed by atoms with van der Waals surface area (Å²) < 4.78 is 9.00. The molecule has 1 aliphatic heterocycles. The third kappa shape index (κ3) is 3.47. The number of rotatable bonds is 5. The van der Waals surface area contributed by atoms with E-state index in [-0.39, 0.29) is 0 Å². The van der Waals surface area contributed by atoms with Gasteiger partial charge in [0.25, 0.3) is 0 Å². The smallest absolute Gasteiger partial charge is 0.127 e. The minimum atomic E-state index is 0.469. The molecular formula is C16H20BrN3O. The maximum atomic E-state index is 5.78. The lowest BCUT2D eigenvalue weighted by atomic mass is 10.1. The van der Waals surface area contributed by atoms with E-state index in [1.165, 1.54) is 11.1 Å². The van der Waals surface area contributed by atoms with Crippen molar-refractivity contribution in [3.05, 3.63) is 46.0 Å². The summed E-state index contributed by atoms with van der Waals surface area (Å²) in [7, 11) is 0. The molecule has 0 spiro atoms. The molecule has 0 saturated heterocycles. The Morgan fingerprint density at radius 3 is 3.10 bits per heavy atom. The van der Waals surface area contributed by atoms with Crippen molar-refractivity contribution in [1.29, 1.82) is 0 Å². The van der Waals surface area contributed by atoms with Crippen LogP contribution in [0.5, 0.6) is 5.75 Å². The fourth-order valence-corrected chi connectivity index (χ4v) is 3.11. The van der Waals surface area contributed by atoms with E-state index in [1.807, 2.05) is 6.33 Å². The van der Waals surface area contributed by atoms with Crippen molar-refractivity contribution in [3.8, 4) is 5.75 Å². The summed E-state index contributed by atoms with van der Waals surface area (Å²) in [6.07, 6.45) is 4.98. The summed E-state index contributed by atoms with van der Waals surface area (Å²) in [5, 5.41) is 3.38. The van der Waals surface area contributed by atoms with E-state index in [0.717, 1.165) is 42.0 Å². The van der Waals surface area contributed by atoms with E-state index >= 15 is 0 Å². The molecule has 0 saturated carbocycles. The molecule has 5 heteroatoms. The lowest BCUT2D eigenvalue weighted by Crippen LogP contribution is -2.21. The number of aromatic nitrogens is 2. The standard InChI is InChI=1S/C16H20BrN3O/c1-11(2)18-7-15-9-20(10-19-15)8-13-6-14(17)5-12-3-4-21-16(12)13/h5-6,9-11,18H,3-4,7-8H2,1-2H3. The Morgan fingerprint density at radius 1 is 1.43 bits per heavy atom. The number of nitrogens with one attached hydrogen (secondary N) is 1. The minimum absolute atomic E-state index is 0.469. The average Bonchev–Trinajstić information content (AvgIpc) is 3.05. The molecule has 0 fully saturated rings. The van der Waals surface area contributed by atoms with Crippen LogP contribution in [-0.4, -0.2) is 22.2 Å². The van der Waals surface area contributed by atoms with Crippen LogP contribution in [0.2, 0.25) is 0 Å². The first-order valence-corrected chi connectivity index (χ1v) is 8.09. The highest BCUT2D eigenvalue weighted by molar-refractivity contribution is 9.10. The van der Waals surface area contributed by atoms with E-state index in [9.17, 15) is 0 Å². The number of hydrogen-bond acceptors (Lipinski definition) is 3. The van der Waals surface area contributed by atoms with Gasteiger partial charge in [0.15, 0.2) is 0 Å². The topological polar surface area (TPSA) is 39.1 Å². The molecule has 4 nitrogen and oxygen atoms in total. The van der Waals surface area contributed by atoms with E-state index in [1.54, 1.807) is 0 Å². The summed E-state index contributed by atoms with van der Waals surface area (Å²) in [5.41, 5.74) is 3.56. The molecule has 1 aromatic carbocycles. The summed E-state index contributed by atoms with van der Waals surface area (Å²) in [5.74, 6) is 1.05. The van der Waals surface area contributed by atoms with Gasteiger partial charge in [0.1, 0.15) is 5.75 Å². The van der Waals surface area contributed by atoms with Crippen LogP contribution in [0.4, 0.5) is 0 Å². The van der Waals surface area contributed by atoms with E-state index in [0.29, 0.717) is 6.04 Å². The molecule has 0 radical (unpaired) electrons. The van der Waals surface area contributed by atoms with Crippen LogP contribution in [-0.2, 0) is 19.5 Å². The zero-order valence-electron chi connectivity index (χ0n) is 12.4. The van der Waals surface area contributed by atoms with Crippen molar-refractivity contribution in [3.63, 3.8) is 0 Å². The van der Waals surface area contributed by atoms with Gasteiger partial charge in [0, 0.05) is 35.2 Å².